The van der Waals surface area contributed by atoms with Crippen molar-refractivity contribution in [2.45, 2.75) is 377 Å². The van der Waals surface area contributed by atoms with Crippen molar-refractivity contribution in [3.8, 4) is 0 Å². The minimum Gasteiger partial charge on any atom is -0.394 e. The molecule has 0 bridgehead atoms. The lowest BCUT2D eigenvalue weighted by molar-refractivity contribution is -0.303. The summed E-state index contributed by atoms with van der Waals surface area (Å²) in [6, 6.07) is -1.19. The molecule has 0 saturated carbocycles. The quantitative estimate of drug-likeness (QED) is 0.0215. The SMILES string of the molecule is CCCCCCCCCCCC/C=C/CC/C=C/CCCC(O)C(O)C(COC1OC(CO)C(O)C(O)C1O)NC(=O)C(O)CCCCCCCCCCCCCCCCCCCCCCCCCCCCCCCCC. The van der Waals surface area contributed by atoms with Gasteiger partial charge in [0, 0.05) is 0 Å². The van der Waals surface area contributed by atoms with Gasteiger partial charge >= 0.3 is 0 Å². The van der Waals surface area contributed by atoms with Gasteiger partial charge in [-0.05, 0) is 51.4 Å². The Hall–Kier alpha value is -1.41. The molecule has 11 heteroatoms. The van der Waals surface area contributed by atoms with E-state index in [-0.39, 0.29) is 12.8 Å². The van der Waals surface area contributed by atoms with Crippen LogP contribution in [0.25, 0.3) is 0 Å². The number of unbranched alkanes of at least 4 members (excludes halogenated alkanes) is 42. The minimum absolute atomic E-state index is 0.249. The number of allylic oxidation sites excluding steroid dienone is 4. The van der Waals surface area contributed by atoms with E-state index in [0.29, 0.717) is 19.3 Å². The first-order chi connectivity index (χ1) is 37.7. The number of rotatable bonds is 58. The zero-order chi connectivity index (χ0) is 56.1. The molecule has 9 unspecified atom stereocenters. The van der Waals surface area contributed by atoms with Crippen molar-refractivity contribution < 1.29 is 50.0 Å². The van der Waals surface area contributed by atoms with Crippen LogP contribution >= 0.6 is 0 Å². The number of amides is 1. The third-order valence-electron chi connectivity index (χ3n) is 16.2. The molecule has 0 aromatic heterocycles. The second-order valence-corrected chi connectivity index (χ2v) is 23.5. The van der Waals surface area contributed by atoms with Gasteiger partial charge in [-0.1, -0.05) is 295 Å². The van der Waals surface area contributed by atoms with Gasteiger partial charge in [-0.2, -0.15) is 0 Å². The Kier molecular flexibility index (Phi) is 52.7. The summed E-state index contributed by atoms with van der Waals surface area (Å²) in [5.74, 6) is -0.704. The summed E-state index contributed by atoms with van der Waals surface area (Å²) in [4.78, 5) is 13.2. The van der Waals surface area contributed by atoms with Crippen molar-refractivity contribution in [1.29, 1.82) is 0 Å². The Morgan fingerprint density at radius 1 is 0.442 bits per heavy atom. The van der Waals surface area contributed by atoms with Crippen molar-refractivity contribution in [3.05, 3.63) is 24.3 Å². The fraction of sp³-hybridized carbons (Fsp3) is 0.924. The number of hydrogen-bond acceptors (Lipinski definition) is 10. The van der Waals surface area contributed by atoms with Crippen LogP contribution in [0.4, 0.5) is 0 Å². The van der Waals surface area contributed by atoms with Crippen LogP contribution in [0.2, 0.25) is 0 Å². The Morgan fingerprint density at radius 2 is 0.779 bits per heavy atom. The maximum Gasteiger partial charge on any atom is 0.249 e. The Morgan fingerprint density at radius 3 is 1.16 bits per heavy atom. The molecule has 77 heavy (non-hydrogen) atoms. The molecule has 0 spiro atoms. The molecule has 456 valence electrons. The summed E-state index contributed by atoms with van der Waals surface area (Å²) in [6.07, 6.45) is 56.9. The molecule has 1 aliphatic heterocycles. The van der Waals surface area contributed by atoms with E-state index in [1.54, 1.807) is 0 Å². The second kappa shape index (κ2) is 55.1. The maximum absolute atomic E-state index is 13.2. The van der Waals surface area contributed by atoms with Crippen LogP contribution < -0.4 is 5.32 Å². The van der Waals surface area contributed by atoms with Gasteiger partial charge in [-0.25, -0.2) is 0 Å². The summed E-state index contributed by atoms with van der Waals surface area (Å²) >= 11 is 0. The Balaban J connectivity index is 2.21. The zero-order valence-corrected chi connectivity index (χ0v) is 50.2. The van der Waals surface area contributed by atoms with Crippen LogP contribution in [0.1, 0.15) is 322 Å². The van der Waals surface area contributed by atoms with Gasteiger partial charge < -0.3 is 50.5 Å². The third-order valence-corrected chi connectivity index (χ3v) is 16.2. The van der Waals surface area contributed by atoms with Gasteiger partial charge in [0.25, 0.3) is 0 Å². The molecule has 0 aromatic rings. The monoisotopic (exact) mass is 1090 g/mol. The molecule has 1 aliphatic rings. The molecule has 9 atom stereocenters. The van der Waals surface area contributed by atoms with Crippen LogP contribution in [0.3, 0.4) is 0 Å². The molecule has 0 aliphatic carbocycles. The highest BCUT2D eigenvalue weighted by Crippen LogP contribution is 2.24. The molecule has 11 nitrogen and oxygen atoms in total. The van der Waals surface area contributed by atoms with Crippen molar-refractivity contribution in [2.75, 3.05) is 13.2 Å². The van der Waals surface area contributed by atoms with Gasteiger partial charge in [-0.15, -0.1) is 0 Å². The second-order valence-electron chi connectivity index (χ2n) is 23.5. The Labute approximate surface area is 474 Å². The van der Waals surface area contributed by atoms with Gasteiger partial charge in [-0.3, -0.25) is 4.79 Å². The molecular formula is C66H127NO10. The molecule has 1 amide bonds. The molecule has 1 rings (SSSR count). The van der Waals surface area contributed by atoms with Crippen LogP contribution in [-0.4, -0.2) is 110 Å². The standard InChI is InChI=1S/C66H127NO10/c1-3-5-7-9-11-13-15-17-19-21-23-24-25-26-27-28-29-30-31-32-33-34-36-38-40-42-44-46-48-50-52-54-59(70)65(75)67-57(56-76-66-64(74)63(73)62(72)60(55-68)77-66)61(71)58(69)53-51-49-47-45-43-41-39-37-35-22-20-18-16-14-12-10-8-6-4-2/h37,39,45,47,57-64,66,68-74H,3-36,38,40-44,46,48-56H2,1-2H3,(H,67,75)/b39-37+,47-45+. The number of aliphatic hydroxyl groups is 7. The van der Waals surface area contributed by atoms with Gasteiger partial charge in [0.05, 0.1) is 25.4 Å². The summed E-state index contributed by atoms with van der Waals surface area (Å²) in [6.45, 7) is 3.48. The van der Waals surface area contributed by atoms with Crippen molar-refractivity contribution in [2.24, 2.45) is 0 Å². The zero-order valence-electron chi connectivity index (χ0n) is 50.2. The summed E-state index contributed by atoms with van der Waals surface area (Å²) in [7, 11) is 0. The average molecular weight is 1090 g/mol. The van der Waals surface area contributed by atoms with Crippen LogP contribution in [0.5, 0.6) is 0 Å². The van der Waals surface area contributed by atoms with Crippen LogP contribution in [-0.2, 0) is 14.3 Å². The largest absolute Gasteiger partial charge is 0.394 e. The van der Waals surface area contributed by atoms with Crippen molar-refractivity contribution in [3.63, 3.8) is 0 Å². The van der Waals surface area contributed by atoms with E-state index in [1.165, 1.54) is 238 Å². The predicted molar refractivity (Wildman–Crippen MR) is 321 cm³/mol. The highest BCUT2D eigenvalue weighted by atomic mass is 16.7. The van der Waals surface area contributed by atoms with E-state index in [9.17, 15) is 40.5 Å². The average Bonchev–Trinajstić information content (AvgIpc) is 3.43. The van der Waals surface area contributed by atoms with Gasteiger partial charge in [0.15, 0.2) is 6.29 Å². The van der Waals surface area contributed by atoms with E-state index in [0.717, 1.165) is 38.5 Å². The predicted octanol–water partition coefficient (Wildman–Crippen LogP) is 15.2. The van der Waals surface area contributed by atoms with E-state index in [4.69, 9.17) is 9.47 Å². The first-order valence-electron chi connectivity index (χ1n) is 33.2. The molecule has 1 heterocycles. The van der Waals surface area contributed by atoms with E-state index in [2.05, 4.69) is 43.5 Å². The molecule has 0 aromatic carbocycles. The molecule has 8 N–H and O–H groups in total. The first-order valence-corrected chi connectivity index (χ1v) is 33.2. The summed E-state index contributed by atoms with van der Waals surface area (Å²) < 4.78 is 11.2. The van der Waals surface area contributed by atoms with Gasteiger partial charge in [0.2, 0.25) is 5.91 Å². The highest BCUT2D eigenvalue weighted by molar-refractivity contribution is 5.80. The number of ether oxygens (including phenoxy) is 2. The molecule has 1 saturated heterocycles. The smallest absolute Gasteiger partial charge is 0.249 e. The first kappa shape index (κ1) is 73.6. The fourth-order valence-electron chi connectivity index (χ4n) is 10.9. The number of carbonyl (C=O) groups is 1. The minimum atomic E-state index is -1.67. The van der Waals surface area contributed by atoms with E-state index >= 15 is 0 Å². The van der Waals surface area contributed by atoms with Crippen molar-refractivity contribution in [1.82, 2.24) is 5.32 Å². The fourth-order valence-corrected chi connectivity index (χ4v) is 10.9. The normalized spacial score (nSPS) is 19.6. The lowest BCUT2D eigenvalue weighted by Crippen LogP contribution is -2.60. The Bertz CT molecular complexity index is 1300. The van der Waals surface area contributed by atoms with Crippen LogP contribution in [0, 0.1) is 0 Å². The lowest BCUT2D eigenvalue weighted by Gasteiger charge is -2.40. The van der Waals surface area contributed by atoms with Crippen molar-refractivity contribution >= 4 is 5.91 Å². The topological polar surface area (TPSA) is 189 Å². The third kappa shape index (κ3) is 43.0. The summed E-state index contributed by atoms with van der Waals surface area (Å²) in [5.41, 5.74) is 0. The molecule has 1 fully saturated rings. The molecular weight excluding hydrogens is 967 g/mol. The number of aliphatic hydroxyl groups excluding tert-OH is 7. The van der Waals surface area contributed by atoms with Crippen LogP contribution in [0.15, 0.2) is 24.3 Å². The number of carbonyl (C=O) groups excluding carboxylic acids is 1. The number of nitrogens with one attached hydrogen (secondary N) is 1. The van der Waals surface area contributed by atoms with Gasteiger partial charge in [0.1, 0.15) is 36.6 Å². The number of hydrogen-bond donors (Lipinski definition) is 8. The maximum atomic E-state index is 13.2. The summed E-state index contributed by atoms with van der Waals surface area (Å²) in [5, 5.41) is 76.3. The molecule has 0 radical (unpaired) electrons. The highest BCUT2D eigenvalue weighted by Gasteiger charge is 2.44. The lowest BCUT2D eigenvalue weighted by atomic mass is 9.98. The van der Waals surface area contributed by atoms with E-state index < -0.39 is 74.2 Å². The van der Waals surface area contributed by atoms with E-state index in [1.807, 2.05) is 0 Å².